The minimum atomic E-state index is -4.73. The van der Waals surface area contributed by atoms with Gasteiger partial charge in [-0.25, -0.2) is 4.98 Å². The normalized spacial score (nSPS) is 17.4. The third-order valence-electron chi connectivity index (χ3n) is 7.17. The Balaban J connectivity index is 1.24. The zero-order chi connectivity index (χ0) is 27.6. The average Bonchev–Trinajstić information content (AvgIpc) is 2.86. The molecule has 206 valence electrons. The number of carbonyl (C=O) groups is 1. The van der Waals surface area contributed by atoms with E-state index in [0.717, 1.165) is 36.3 Å². The Morgan fingerprint density at radius 3 is 2.46 bits per heavy atom. The van der Waals surface area contributed by atoms with Crippen molar-refractivity contribution in [3.05, 3.63) is 87.6 Å². The van der Waals surface area contributed by atoms with E-state index >= 15 is 0 Å². The lowest BCUT2D eigenvalue weighted by Gasteiger charge is -2.35. The first-order valence-corrected chi connectivity index (χ1v) is 13.5. The molecule has 1 aliphatic heterocycles. The van der Waals surface area contributed by atoms with Gasteiger partial charge in [-0.3, -0.25) is 14.2 Å². The number of ether oxygens (including phenoxy) is 1. The van der Waals surface area contributed by atoms with Crippen LogP contribution in [0.1, 0.15) is 59.6 Å². The maximum atomic E-state index is 13.8. The van der Waals surface area contributed by atoms with Gasteiger partial charge in [0.25, 0.3) is 5.56 Å². The Bertz CT molecular complexity index is 1380. The van der Waals surface area contributed by atoms with Gasteiger partial charge in [-0.05, 0) is 42.7 Å². The summed E-state index contributed by atoms with van der Waals surface area (Å²) >= 11 is 4.71. The van der Waals surface area contributed by atoms with E-state index < -0.39 is 11.7 Å². The highest BCUT2D eigenvalue weighted by Crippen LogP contribution is 2.38. The van der Waals surface area contributed by atoms with E-state index in [0.29, 0.717) is 37.3 Å². The van der Waals surface area contributed by atoms with Crippen molar-refractivity contribution >= 4 is 18.5 Å². The summed E-state index contributed by atoms with van der Waals surface area (Å²) in [4.78, 5) is 33.5. The van der Waals surface area contributed by atoms with Crippen LogP contribution in [0, 0.1) is 0 Å². The number of halogens is 3. The Hall–Kier alpha value is -3.31. The summed E-state index contributed by atoms with van der Waals surface area (Å²) < 4.78 is 42.5. The summed E-state index contributed by atoms with van der Waals surface area (Å²) in [5, 5.41) is 2.43. The number of fused-ring (bicyclic) bond motifs is 1. The molecule has 0 spiro atoms. The number of hydrogen-bond acceptors (Lipinski definition) is 6. The Morgan fingerprint density at radius 1 is 1.10 bits per heavy atom. The third-order valence-corrected chi connectivity index (χ3v) is 7.71. The molecular formula is C28H29F3N4O3S. The predicted molar refractivity (Wildman–Crippen MR) is 143 cm³/mol. The lowest BCUT2D eigenvalue weighted by Crippen LogP contribution is -2.44. The van der Waals surface area contributed by atoms with Crippen LogP contribution >= 0.6 is 12.6 Å². The van der Waals surface area contributed by atoms with E-state index in [4.69, 9.17) is 17.6 Å². The van der Waals surface area contributed by atoms with Crippen molar-refractivity contribution < 1.29 is 22.7 Å². The van der Waals surface area contributed by atoms with Crippen LogP contribution in [-0.2, 0) is 17.8 Å². The van der Waals surface area contributed by atoms with Crippen LogP contribution in [-0.4, -0.2) is 39.8 Å². The molecular weight excluding hydrogens is 529 g/mol. The van der Waals surface area contributed by atoms with Crippen LogP contribution in [0.15, 0.2) is 59.4 Å². The van der Waals surface area contributed by atoms with Crippen molar-refractivity contribution in [1.82, 2.24) is 19.8 Å². The van der Waals surface area contributed by atoms with Gasteiger partial charge in [0, 0.05) is 38.4 Å². The lowest BCUT2D eigenvalue weighted by molar-refractivity contribution is -0.274. The predicted octanol–water partition coefficient (Wildman–Crippen LogP) is 4.89. The average molecular weight is 559 g/mol. The van der Waals surface area contributed by atoms with E-state index in [1.165, 1.54) is 24.3 Å². The van der Waals surface area contributed by atoms with Gasteiger partial charge in [-0.1, -0.05) is 36.8 Å². The molecule has 1 unspecified atom stereocenters. The maximum Gasteiger partial charge on any atom is 0.573 e. The van der Waals surface area contributed by atoms with Gasteiger partial charge in [0.2, 0.25) is 5.91 Å². The second-order valence-corrected chi connectivity index (χ2v) is 10.3. The molecule has 1 atom stereocenters. The third kappa shape index (κ3) is 6.14. The summed E-state index contributed by atoms with van der Waals surface area (Å²) in [6.07, 6.45) is -0.930. The first kappa shape index (κ1) is 27.3. The van der Waals surface area contributed by atoms with E-state index in [1.54, 1.807) is 9.47 Å². The van der Waals surface area contributed by atoms with Crippen LogP contribution in [0.25, 0.3) is 5.69 Å². The van der Waals surface area contributed by atoms with Crippen molar-refractivity contribution in [1.29, 1.82) is 0 Å². The number of benzene rings is 2. The molecule has 1 saturated carbocycles. The molecule has 1 amide bonds. The number of para-hydroxylation sites is 1. The fourth-order valence-electron chi connectivity index (χ4n) is 4.96. The van der Waals surface area contributed by atoms with E-state index in [2.05, 4.69) is 10.1 Å². The molecule has 1 N–H and O–H groups in total. The number of alkyl halides is 3. The molecule has 0 bridgehead atoms. The van der Waals surface area contributed by atoms with Gasteiger partial charge in [0.1, 0.15) is 16.9 Å². The molecule has 3 aromatic rings. The zero-order valence-electron chi connectivity index (χ0n) is 21.2. The number of nitrogens with zero attached hydrogens (tertiary/aromatic N) is 3. The second kappa shape index (κ2) is 11.4. The minimum absolute atomic E-state index is 0.143. The molecule has 2 aromatic carbocycles. The van der Waals surface area contributed by atoms with Gasteiger partial charge in [0.05, 0.1) is 16.9 Å². The van der Waals surface area contributed by atoms with Gasteiger partial charge >= 0.3 is 6.36 Å². The van der Waals surface area contributed by atoms with Gasteiger partial charge < -0.3 is 15.0 Å². The van der Waals surface area contributed by atoms with E-state index in [9.17, 15) is 22.8 Å². The van der Waals surface area contributed by atoms with Crippen LogP contribution in [0.4, 0.5) is 13.2 Å². The van der Waals surface area contributed by atoms with E-state index in [1.807, 2.05) is 30.3 Å². The highest BCUT2D eigenvalue weighted by molar-refractivity contribution is 7.80. The minimum Gasteiger partial charge on any atom is -0.406 e. The monoisotopic (exact) mass is 558 g/mol. The maximum absolute atomic E-state index is 13.8. The molecule has 0 saturated heterocycles. The molecule has 7 nitrogen and oxygen atoms in total. The first-order chi connectivity index (χ1) is 18.7. The topological polar surface area (TPSA) is 76.5 Å². The fourth-order valence-corrected chi connectivity index (χ4v) is 5.46. The van der Waals surface area contributed by atoms with Gasteiger partial charge in [-0.15, -0.1) is 25.8 Å². The second-order valence-electron chi connectivity index (χ2n) is 9.76. The van der Waals surface area contributed by atoms with Gasteiger partial charge in [0.15, 0.2) is 0 Å². The molecule has 11 heteroatoms. The number of hydrogen-bond donors (Lipinski definition) is 2. The van der Waals surface area contributed by atoms with E-state index in [-0.39, 0.29) is 29.6 Å². The van der Waals surface area contributed by atoms with Crippen LogP contribution in [0.3, 0.4) is 0 Å². The summed E-state index contributed by atoms with van der Waals surface area (Å²) in [6.45, 7) is 1.16. The summed E-state index contributed by atoms with van der Waals surface area (Å²) in [5.74, 6) is 0.613. The molecule has 5 rings (SSSR count). The summed E-state index contributed by atoms with van der Waals surface area (Å²) in [6, 6.07) is 15.0. The Kier molecular flexibility index (Phi) is 7.99. The number of amides is 1. The van der Waals surface area contributed by atoms with Crippen molar-refractivity contribution in [3.8, 4) is 11.4 Å². The lowest BCUT2D eigenvalue weighted by atomic mass is 9.84. The molecule has 2 heterocycles. The Morgan fingerprint density at radius 2 is 1.82 bits per heavy atom. The molecule has 39 heavy (non-hydrogen) atoms. The quantitative estimate of drug-likeness (QED) is 0.304. The fraction of sp³-hybridized carbons (Fsp3) is 0.393. The van der Waals surface area contributed by atoms with Crippen molar-refractivity contribution in [3.63, 3.8) is 0 Å². The Labute approximate surface area is 229 Å². The highest BCUT2D eigenvalue weighted by atomic mass is 32.1. The van der Waals surface area contributed by atoms with Crippen molar-refractivity contribution in [2.45, 2.75) is 56.3 Å². The largest absolute Gasteiger partial charge is 0.573 e. The standard InChI is InChI=1S/C28H29F3N4O3S/c29-28(30,31)38-21-11-9-18(10-12-21)17-32-15-13-23(36)34-16-14-22-24(27(34)39)26(37)35(20-7-2-1-3-8-20)25(33-22)19-5-4-6-19/h1-3,7-12,19,27,32,39H,4-6,13-17H2. The molecule has 1 aliphatic carbocycles. The van der Waals surface area contributed by atoms with Crippen molar-refractivity contribution in [2.75, 3.05) is 13.1 Å². The first-order valence-electron chi connectivity index (χ1n) is 13.0. The van der Waals surface area contributed by atoms with Crippen LogP contribution < -0.4 is 15.6 Å². The number of rotatable bonds is 8. The highest BCUT2D eigenvalue weighted by Gasteiger charge is 2.35. The number of thiol groups is 1. The molecule has 2 aliphatic rings. The number of nitrogens with one attached hydrogen (secondary N) is 1. The number of aromatic nitrogens is 2. The molecule has 0 radical (unpaired) electrons. The smallest absolute Gasteiger partial charge is 0.406 e. The van der Waals surface area contributed by atoms with Gasteiger partial charge in [-0.2, -0.15) is 0 Å². The van der Waals surface area contributed by atoms with Crippen LogP contribution in [0.5, 0.6) is 5.75 Å². The zero-order valence-corrected chi connectivity index (χ0v) is 22.0. The molecule has 1 fully saturated rings. The SMILES string of the molecule is O=C(CCNCc1ccc(OC(F)(F)F)cc1)N1CCc2nc(C3CCC3)n(-c3ccccc3)c(=O)c2C1S. The number of carbonyl (C=O) groups excluding carboxylic acids is 1. The molecule has 1 aromatic heterocycles. The summed E-state index contributed by atoms with van der Waals surface area (Å²) in [7, 11) is 0. The summed E-state index contributed by atoms with van der Waals surface area (Å²) in [5.41, 5.74) is 2.49. The van der Waals surface area contributed by atoms with Crippen molar-refractivity contribution in [2.24, 2.45) is 0 Å². The van der Waals surface area contributed by atoms with Crippen LogP contribution in [0.2, 0.25) is 0 Å².